The van der Waals surface area contributed by atoms with Crippen molar-refractivity contribution in [2.75, 3.05) is 6.54 Å². The van der Waals surface area contributed by atoms with Gasteiger partial charge in [-0.1, -0.05) is 0 Å². The molecule has 1 N–H and O–H groups in total. The number of halogens is 3. The summed E-state index contributed by atoms with van der Waals surface area (Å²) in [7, 11) is 0. The molecule has 1 heterocycles. The summed E-state index contributed by atoms with van der Waals surface area (Å²) in [5.74, 6) is 0. The maximum Gasteiger partial charge on any atom is 0.392 e. The standard InChI is InChI=1S/C7H11F3N/c8-7(9,10)4-3-6-2-1-5-11-6/h4,6,11H,1-3,5H2. The highest BCUT2D eigenvalue weighted by atomic mass is 19.4. The lowest BCUT2D eigenvalue weighted by molar-refractivity contribution is -0.0989. The number of rotatable bonds is 2. The van der Waals surface area contributed by atoms with Gasteiger partial charge in [-0.3, -0.25) is 0 Å². The zero-order valence-corrected chi connectivity index (χ0v) is 6.12. The monoisotopic (exact) mass is 166 g/mol. The largest absolute Gasteiger partial charge is 0.392 e. The van der Waals surface area contributed by atoms with Crippen molar-refractivity contribution in [3.05, 3.63) is 6.42 Å². The summed E-state index contributed by atoms with van der Waals surface area (Å²) < 4.78 is 34.9. The first-order valence-electron chi connectivity index (χ1n) is 3.72. The van der Waals surface area contributed by atoms with Crippen LogP contribution in [-0.2, 0) is 0 Å². The van der Waals surface area contributed by atoms with Crippen molar-refractivity contribution >= 4 is 0 Å². The fourth-order valence-electron chi connectivity index (χ4n) is 1.23. The molecule has 0 aromatic rings. The Bertz CT molecular complexity index is 115. The van der Waals surface area contributed by atoms with E-state index in [1.165, 1.54) is 0 Å². The summed E-state index contributed by atoms with van der Waals surface area (Å²) in [6.07, 6.45) is -1.70. The van der Waals surface area contributed by atoms with Crippen LogP contribution >= 0.6 is 0 Å². The molecule has 0 spiro atoms. The highest BCUT2D eigenvalue weighted by molar-refractivity contribution is 4.84. The lowest BCUT2D eigenvalue weighted by atomic mass is 10.1. The van der Waals surface area contributed by atoms with Gasteiger partial charge in [0, 0.05) is 6.04 Å². The molecule has 0 aromatic heterocycles. The fraction of sp³-hybridized carbons (Fsp3) is 0.857. The van der Waals surface area contributed by atoms with Crippen molar-refractivity contribution < 1.29 is 13.2 Å². The third-order valence-electron chi connectivity index (χ3n) is 1.80. The Labute approximate surface area is 64.0 Å². The smallest absolute Gasteiger partial charge is 0.314 e. The zero-order chi connectivity index (χ0) is 8.32. The predicted octanol–water partition coefficient (Wildman–Crippen LogP) is 1.90. The van der Waals surface area contributed by atoms with E-state index in [1.54, 1.807) is 0 Å². The molecule has 0 bridgehead atoms. The minimum absolute atomic E-state index is 0.0524. The van der Waals surface area contributed by atoms with Crippen LogP contribution in [0.15, 0.2) is 0 Å². The molecule has 1 aliphatic rings. The predicted molar refractivity (Wildman–Crippen MR) is 36.0 cm³/mol. The van der Waals surface area contributed by atoms with Crippen LogP contribution in [0, 0.1) is 6.42 Å². The van der Waals surface area contributed by atoms with E-state index in [2.05, 4.69) is 5.32 Å². The molecule has 65 valence electrons. The Hall–Kier alpha value is -0.250. The Morgan fingerprint density at radius 1 is 1.45 bits per heavy atom. The van der Waals surface area contributed by atoms with Gasteiger partial charge in [0.2, 0.25) is 0 Å². The van der Waals surface area contributed by atoms with E-state index in [1.807, 2.05) is 0 Å². The molecule has 1 radical (unpaired) electrons. The molecule has 4 heteroatoms. The molecule has 11 heavy (non-hydrogen) atoms. The lowest BCUT2D eigenvalue weighted by Crippen LogP contribution is -2.24. The van der Waals surface area contributed by atoms with Gasteiger partial charge in [0.25, 0.3) is 0 Å². The van der Waals surface area contributed by atoms with Crippen LogP contribution in [0.5, 0.6) is 0 Å². The normalized spacial score (nSPS) is 25.9. The summed E-state index contributed by atoms with van der Waals surface area (Å²) >= 11 is 0. The van der Waals surface area contributed by atoms with E-state index in [9.17, 15) is 13.2 Å². The molecule has 0 aromatic carbocycles. The van der Waals surface area contributed by atoms with E-state index in [-0.39, 0.29) is 12.5 Å². The summed E-state index contributed by atoms with van der Waals surface area (Å²) in [6.45, 7) is 0.858. The minimum atomic E-state index is -4.11. The summed E-state index contributed by atoms with van der Waals surface area (Å²) in [6, 6.07) is 0.0524. The number of nitrogens with one attached hydrogen (secondary N) is 1. The van der Waals surface area contributed by atoms with Crippen molar-refractivity contribution in [1.82, 2.24) is 5.32 Å². The molecule has 1 fully saturated rings. The second-order valence-corrected chi connectivity index (χ2v) is 2.77. The first kappa shape index (κ1) is 8.84. The summed E-state index contributed by atoms with van der Waals surface area (Å²) in [5.41, 5.74) is 0. The summed E-state index contributed by atoms with van der Waals surface area (Å²) in [5, 5.41) is 3.00. The van der Waals surface area contributed by atoms with Gasteiger partial charge < -0.3 is 5.32 Å². The molecule has 1 rings (SSSR count). The SMILES string of the molecule is FC(F)(F)[CH]CC1CCCN1. The highest BCUT2D eigenvalue weighted by Gasteiger charge is 2.29. The van der Waals surface area contributed by atoms with Crippen LogP contribution in [0.25, 0.3) is 0 Å². The van der Waals surface area contributed by atoms with E-state index in [4.69, 9.17) is 0 Å². The Morgan fingerprint density at radius 3 is 2.64 bits per heavy atom. The van der Waals surface area contributed by atoms with Crippen molar-refractivity contribution in [3.8, 4) is 0 Å². The van der Waals surface area contributed by atoms with Crippen molar-refractivity contribution in [3.63, 3.8) is 0 Å². The van der Waals surface area contributed by atoms with E-state index in [0.29, 0.717) is 6.42 Å². The molecule has 1 aliphatic heterocycles. The number of hydrogen-bond donors (Lipinski definition) is 1. The fourth-order valence-corrected chi connectivity index (χ4v) is 1.23. The second-order valence-electron chi connectivity index (χ2n) is 2.77. The highest BCUT2D eigenvalue weighted by Crippen LogP contribution is 2.23. The van der Waals surface area contributed by atoms with Crippen LogP contribution in [0.3, 0.4) is 0 Å². The van der Waals surface area contributed by atoms with Crippen LogP contribution in [0.2, 0.25) is 0 Å². The van der Waals surface area contributed by atoms with Gasteiger partial charge in [-0.2, -0.15) is 13.2 Å². The van der Waals surface area contributed by atoms with Crippen LogP contribution in [0.4, 0.5) is 13.2 Å². The Morgan fingerprint density at radius 2 is 2.18 bits per heavy atom. The Balaban J connectivity index is 2.11. The zero-order valence-electron chi connectivity index (χ0n) is 6.12. The van der Waals surface area contributed by atoms with Crippen LogP contribution in [0.1, 0.15) is 19.3 Å². The number of alkyl halides is 3. The van der Waals surface area contributed by atoms with Crippen molar-refractivity contribution in [2.45, 2.75) is 31.5 Å². The third kappa shape index (κ3) is 3.60. The molecule has 1 unspecified atom stereocenters. The van der Waals surface area contributed by atoms with Gasteiger partial charge in [0.15, 0.2) is 0 Å². The van der Waals surface area contributed by atoms with Gasteiger partial charge in [0.05, 0.1) is 6.42 Å². The Kier molecular flexibility index (Phi) is 2.76. The maximum atomic E-state index is 11.6. The van der Waals surface area contributed by atoms with Gasteiger partial charge in [0.1, 0.15) is 0 Å². The molecular weight excluding hydrogens is 155 g/mol. The summed E-state index contributed by atoms with van der Waals surface area (Å²) in [4.78, 5) is 0. The topological polar surface area (TPSA) is 12.0 Å². The average molecular weight is 166 g/mol. The first-order valence-corrected chi connectivity index (χ1v) is 3.72. The number of hydrogen-bond acceptors (Lipinski definition) is 1. The van der Waals surface area contributed by atoms with E-state index in [0.717, 1.165) is 19.4 Å². The van der Waals surface area contributed by atoms with Gasteiger partial charge >= 0.3 is 6.18 Å². The average Bonchev–Trinajstić information content (AvgIpc) is 2.32. The molecular formula is C7H11F3N. The molecule has 0 saturated carbocycles. The van der Waals surface area contributed by atoms with Gasteiger partial charge in [-0.15, -0.1) is 0 Å². The molecule has 1 saturated heterocycles. The maximum absolute atomic E-state index is 11.6. The minimum Gasteiger partial charge on any atom is -0.314 e. The third-order valence-corrected chi connectivity index (χ3v) is 1.80. The first-order chi connectivity index (χ1) is 5.08. The van der Waals surface area contributed by atoms with Crippen LogP contribution < -0.4 is 5.32 Å². The van der Waals surface area contributed by atoms with Crippen molar-refractivity contribution in [2.24, 2.45) is 0 Å². The van der Waals surface area contributed by atoms with Gasteiger partial charge in [-0.25, -0.2) is 0 Å². The molecule has 1 nitrogen and oxygen atoms in total. The molecule has 1 atom stereocenters. The van der Waals surface area contributed by atoms with E-state index < -0.39 is 6.18 Å². The second kappa shape index (κ2) is 3.43. The molecule has 0 aliphatic carbocycles. The quantitative estimate of drug-likeness (QED) is 0.660. The van der Waals surface area contributed by atoms with Crippen molar-refractivity contribution in [1.29, 1.82) is 0 Å². The molecule has 0 amide bonds. The van der Waals surface area contributed by atoms with Crippen LogP contribution in [-0.4, -0.2) is 18.8 Å². The lowest BCUT2D eigenvalue weighted by Gasteiger charge is -2.10. The van der Waals surface area contributed by atoms with Gasteiger partial charge in [-0.05, 0) is 25.8 Å². The van der Waals surface area contributed by atoms with E-state index >= 15 is 0 Å².